The Bertz CT molecular complexity index is 432. The highest BCUT2D eigenvalue weighted by Crippen LogP contribution is 2.26. The molecule has 4 heteroatoms. The number of hydrogen-bond acceptors (Lipinski definition) is 2. The number of nitrogens with one attached hydrogen (secondary N) is 1. The van der Waals surface area contributed by atoms with E-state index in [0.717, 1.165) is 6.42 Å². The Labute approximate surface area is 114 Å². The number of nitrogens with two attached hydrogens (primary N) is 1. The largest absolute Gasteiger partial charge is 0.399 e. The lowest BCUT2D eigenvalue weighted by atomic mass is 9.84. The Morgan fingerprint density at radius 3 is 2.53 bits per heavy atom. The summed E-state index contributed by atoms with van der Waals surface area (Å²) in [6.07, 6.45) is 1.39. The van der Waals surface area contributed by atoms with Gasteiger partial charge in [-0.1, -0.05) is 27.7 Å². The summed E-state index contributed by atoms with van der Waals surface area (Å²) in [5.74, 6) is -0.273. The van der Waals surface area contributed by atoms with Crippen molar-refractivity contribution in [2.45, 2.75) is 40.5 Å². The van der Waals surface area contributed by atoms with Crippen molar-refractivity contribution in [2.75, 3.05) is 11.1 Å². The molecule has 1 aromatic carbocycles. The third-order valence-electron chi connectivity index (χ3n) is 2.70. The van der Waals surface area contributed by atoms with E-state index in [1.54, 1.807) is 6.07 Å². The Morgan fingerprint density at radius 1 is 1.37 bits per heavy atom. The molecule has 0 saturated carbocycles. The standard InChI is InChI=1S/C15H23FN2O/c1-10(9-15(2,3)4)5-14(19)18-13-7-11(16)6-12(17)8-13/h6-8,10H,5,9,17H2,1-4H3,(H,18,19). The summed E-state index contributed by atoms with van der Waals surface area (Å²) < 4.78 is 13.1. The number of carbonyl (C=O) groups excluding carboxylic acids is 1. The van der Waals surface area contributed by atoms with E-state index < -0.39 is 5.82 Å². The monoisotopic (exact) mass is 266 g/mol. The molecule has 0 aliphatic carbocycles. The highest BCUT2D eigenvalue weighted by molar-refractivity contribution is 5.91. The van der Waals surface area contributed by atoms with E-state index in [9.17, 15) is 9.18 Å². The highest BCUT2D eigenvalue weighted by Gasteiger charge is 2.17. The van der Waals surface area contributed by atoms with Crippen LogP contribution in [0.25, 0.3) is 0 Å². The van der Waals surface area contributed by atoms with Crippen LogP contribution in [0.2, 0.25) is 0 Å². The van der Waals surface area contributed by atoms with Gasteiger partial charge in [-0.3, -0.25) is 4.79 Å². The van der Waals surface area contributed by atoms with Crippen LogP contribution in [-0.2, 0) is 4.79 Å². The minimum atomic E-state index is -0.446. The predicted octanol–water partition coefficient (Wildman–Crippen LogP) is 3.81. The number of hydrogen-bond donors (Lipinski definition) is 2. The topological polar surface area (TPSA) is 55.1 Å². The Morgan fingerprint density at radius 2 is 2.00 bits per heavy atom. The maximum atomic E-state index is 13.1. The first-order valence-corrected chi connectivity index (χ1v) is 6.51. The molecule has 0 fully saturated rings. The SMILES string of the molecule is CC(CC(=O)Nc1cc(N)cc(F)c1)CC(C)(C)C. The second-order valence-corrected chi connectivity index (χ2v) is 6.40. The lowest BCUT2D eigenvalue weighted by Gasteiger charge is -2.22. The second kappa shape index (κ2) is 6.04. The van der Waals surface area contributed by atoms with Crippen molar-refractivity contribution < 1.29 is 9.18 Å². The molecule has 0 aliphatic heterocycles. The number of anilines is 2. The average Bonchev–Trinajstić information content (AvgIpc) is 2.10. The summed E-state index contributed by atoms with van der Waals surface area (Å²) in [5.41, 5.74) is 6.44. The van der Waals surface area contributed by atoms with Gasteiger partial charge in [0.25, 0.3) is 0 Å². The van der Waals surface area contributed by atoms with Gasteiger partial charge < -0.3 is 11.1 Å². The normalized spacial score (nSPS) is 13.1. The molecule has 0 aromatic heterocycles. The summed E-state index contributed by atoms with van der Waals surface area (Å²) >= 11 is 0. The third-order valence-corrected chi connectivity index (χ3v) is 2.70. The molecular weight excluding hydrogens is 243 g/mol. The van der Waals surface area contributed by atoms with Gasteiger partial charge in [-0.05, 0) is 36.0 Å². The molecule has 0 spiro atoms. The van der Waals surface area contributed by atoms with E-state index in [1.165, 1.54) is 12.1 Å². The maximum Gasteiger partial charge on any atom is 0.224 e. The van der Waals surface area contributed by atoms with E-state index >= 15 is 0 Å². The van der Waals surface area contributed by atoms with Crippen molar-refractivity contribution in [3.8, 4) is 0 Å². The smallest absolute Gasteiger partial charge is 0.224 e. The van der Waals surface area contributed by atoms with Crippen LogP contribution in [0.5, 0.6) is 0 Å². The first-order valence-electron chi connectivity index (χ1n) is 6.51. The van der Waals surface area contributed by atoms with Crippen LogP contribution in [0, 0.1) is 17.2 Å². The minimum Gasteiger partial charge on any atom is -0.399 e. The van der Waals surface area contributed by atoms with Gasteiger partial charge in [-0.25, -0.2) is 4.39 Å². The fraction of sp³-hybridized carbons (Fsp3) is 0.533. The zero-order valence-electron chi connectivity index (χ0n) is 12.1. The summed E-state index contributed by atoms with van der Waals surface area (Å²) in [6, 6.07) is 4.04. The summed E-state index contributed by atoms with van der Waals surface area (Å²) in [6.45, 7) is 8.49. The van der Waals surface area contributed by atoms with Gasteiger partial charge in [0.05, 0.1) is 0 Å². The molecule has 1 atom stereocenters. The molecule has 3 N–H and O–H groups in total. The van der Waals surface area contributed by atoms with Crippen molar-refractivity contribution in [3.63, 3.8) is 0 Å². The first kappa shape index (κ1) is 15.5. The molecule has 1 unspecified atom stereocenters. The first-order chi connectivity index (χ1) is 8.65. The van der Waals surface area contributed by atoms with E-state index in [1.807, 2.05) is 6.92 Å². The molecule has 0 radical (unpaired) electrons. The van der Waals surface area contributed by atoms with E-state index in [4.69, 9.17) is 5.73 Å². The summed E-state index contributed by atoms with van der Waals surface area (Å²) in [7, 11) is 0. The van der Waals surface area contributed by atoms with Gasteiger partial charge >= 0.3 is 0 Å². The summed E-state index contributed by atoms with van der Waals surface area (Å²) in [4.78, 5) is 11.9. The molecule has 0 bridgehead atoms. The van der Waals surface area contributed by atoms with Gasteiger partial charge in [0, 0.05) is 17.8 Å². The lowest BCUT2D eigenvalue weighted by molar-refractivity contribution is -0.117. The Kier molecular flexibility index (Phi) is 4.92. The van der Waals surface area contributed by atoms with Crippen molar-refractivity contribution >= 4 is 17.3 Å². The molecule has 0 aliphatic rings. The van der Waals surface area contributed by atoms with Gasteiger partial charge in [0.15, 0.2) is 0 Å². The van der Waals surface area contributed by atoms with Crippen molar-refractivity contribution in [2.24, 2.45) is 11.3 Å². The van der Waals surface area contributed by atoms with Crippen molar-refractivity contribution in [3.05, 3.63) is 24.0 Å². The fourth-order valence-electron chi connectivity index (χ4n) is 2.33. The summed E-state index contributed by atoms with van der Waals surface area (Å²) in [5, 5.41) is 2.68. The van der Waals surface area contributed by atoms with E-state index in [0.29, 0.717) is 17.8 Å². The van der Waals surface area contributed by atoms with Gasteiger partial charge in [0.2, 0.25) is 5.91 Å². The van der Waals surface area contributed by atoms with Crippen LogP contribution in [-0.4, -0.2) is 5.91 Å². The maximum absolute atomic E-state index is 13.1. The third kappa shape index (κ3) is 6.22. The van der Waals surface area contributed by atoms with E-state index in [2.05, 4.69) is 26.1 Å². The molecule has 106 valence electrons. The molecule has 1 amide bonds. The number of benzene rings is 1. The van der Waals surface area contributed by atoms with Crippen molar-refractivity contribution in [1.29, 1.82) is 0 Å². The Hall–Kier alpha value is -1.58. The predicted molar refractivity (Wildman–Crippen MR) is 77.3 cm³/mol. The molecule has 19 heavy (non-hydrogen) atoms. The quantitative estimate of drug-likeness (QED) is 0.814. The zero-order chi connectivity index (χ0) is 14.6. The number of halogens is 1. The number of amides is 1. The second-order valence-electron chi connectivity index (χ2n) is 6.40. The minimum absolute atomic E-state index is 0.109. The molecule has 3 nitrogen and oxygen atoms in total. The highest BCUT2D eigenvalue weighted by atomic mass is 19.1. The number of carbonyl (C=O) groups is 1. The molecule has 1 aromatic rings. The van der Waals surface area contributed by atoms with Gasteiger partial charge in [-0.15, -0.1) is 0 Å². The number of rotatable bonds is 4. The number of nitrogen functional groups attached to an aromatic ring is 1. The van der Waals surface area contributed by atoms with Crippen LogP contribution in [0.3, 0.4) is 0 Å². The van der Waals surface area contributed by atoms with Gasteiger partial charge in [0.1, 0.15) is 5.82 Å². The molecule has 0 heterocycles. The molecule has 0 saturated heterocycles. The Balaban J connectivity index is 2.55. The van der Waals surface area contributed by atoms with Crippen LogP contribution in [0.1, 0.15) is 40.5 Å². The van der Waals surface area contributed by atoms with Crippen LogP contribution < -0.4 is 11.1 Å². The molecule has 1 rings (SSSR count). The van der Waals surface area contributed by atoms with Gasteiger partial charge in [-0.2, -0.15) is 0 Å². The van der Waals surface area contributed by atoms with Crippen LogP contribution in [0.15, 0.2) is 18.2 Å². The fourth-order valence-corrected chi connectivity index (χ4v) is 2.33. The van der Waals surface area contributed by atoms with E-state index in [-0.39, 0.29) is 17.2 Å². The van der Waals surface area contributed by atoms with Crippen LogP contribution in [0.4, 0.5) is 15.8 Å². The lowest BCUT2D eigenvalue weighted by Crippen LogP contribution is -2.19. The van der Waals surface area contributed by atoms with Crippen LogP contribution >= 0.6 is 0 Å². The zero-order valence-corrected chi connectivity index (χ0v) is 12.1. The molecular formula is C15H23FN2O. The van der Waals surface area contributed by atoms with Crippen molar-refractivity contribution in [1.82, 2.24) is 0 Å². The average molecular weight is 266 g/mol.